The zero-order valence-electron chi connectivity index (χ0n) is 16.2. The number of aromatic nitrogens is 4. The second-order valence-electron chi connectivity index (χ2n) is 7.48. The first-order valence-corrected chi connectivity index (χ1v) is 9.60. The number of hydrogen-bond acceptors (Lipinski definition) is 6. The predicted octanol–water partition coefficient (Wildman–Crippen LogP) is 2.85. The van der Waals surface area contributed by atoms with E-state index in [-0.39, 0.29) is 17.8 Å². The quantitative estimate of drug-likeness (QED) is 0.540. The first-order valence-electron chi connectivity index (χ1n) is 9.60. The van der Waals surface area contributed by atoms with Crippen LogP contribution >= 0.6 is 0 Å². The van der Waals surface area contributed by atoms with Crippen molar-refractivity contribution in [3.8, 4) is 5.75 Å². The Kier molecular flexibility index (Phi) is 4.32. The van der Waals surface area contributed by atoms with Gasteiger partial charge in [-0.2, -0.15) is 0 Å². The second-order valence-corrected chi connectivity index (χ2v) is 7.48. The van der Waals surface area contributed by atoms with Crippen LogP contribution in [0.15, 0.2) is 43.0 Å². The molecule has 0 bridgehead atoms. The molecule has 0 saturated heterocycles. The van der Waals surface area contributed by atoms with E-state index in [1.54, 1.807) is 42.0 Å². The minimum absolute atomic E-state index is 0.0400. The number of ether oxygens (including phenoxy) is 1. The maximum absolute atomic E-state index is 14.3. The average Bonchev–Trinajstić information content (AvgIpc) is 3.07. The molecule has 4 aromatic rings. The Morgan fingerprint density at radius 2 is 2.00 bits per heavy atom. The highest BCUT2D eigenvalue weighted by Gasteiger charge is 2.28. The van der Waals surface area contributed by atoms with Crippen molar-refractivity contribution in [2.75, 3.05) is 5.32 Å². The number of hydrogen-bond donors (Lipinski definition) is 2. The molecule has 0 atom stereocenters. The Morgan fingerprint density at radius 1 is 1.23 bits per heavy atom. The molecule has 3 heterocycles. The van der Waals surface area contributed by atoms with Crippen molar-refractivity contribution in [1.82, 2.24) is 19.4 Å². The average molecular weight is 406 g/mol. The number of pyridine rings is 1. The zero-order valence-corrected chi connectivity index (χ0v) is 16.2. The number of imidazole rings is 1. The first kappa shape index (κ1) is 18.4. The van der Waals surface area contributed by atoms with Gasteiger partial charge in [0.25, 0.3) is 5.91 Å². The van der Waals surface area contributed by atoms with Gasteiger partial charge in [-0.05, 0) is 31.9 Å². The highest BCUT2D eigenvalue weighted by molar-refractivity contribution is 6.12. The van der Waals surface area contributed by atoms with Crippen LogP contribution in [0.4, 0.5) is 10.1 Å². The number of fused-ring (bicyclic) bond motifs is 2. The summed E-state index contributed by atoms with van der Waals surface area (Å²) in [5.41, 5.74) is 8.25. The number of amides is 1. The number of carbonyl (C=O) groups is 1. The number of halogens is 1. The Labute approximate surface area is 170 Å². The lowest BCUT2D eigenvalue weighted by Crippen LogP contribution is -2.43. The highest BCUT2D eigenvalue weighted by Crippen LogP contribution is 2.30. The van der Waals surface area contributed by atoms with E-state index in [0.717, 1.165) is 12.8 Å². The summed E-state index contributed by atoms with van der Waals surface area (Å²) in [5, 5.41) is 2.73. The molecule has 30 heavy (non-hydrogen) atoms. The molecule has 152 valence electrons. The van der Waals surface area contributed by atoms with Gasteiger partial charge in [-0.25, -0.2) is 14.4 Å². The molecule has 1 amide bonds. The summed E-state index contributed by atoms with van der Waals surface area (Å²) in [4.78, 5) is 25.7. The number of rotatable bonds is 4. The third kappa shape index (κ3) is 3.22. The fraction of sp³-hybridized carbons (Fsp3) is 0.238. The van der Waals surface area contributed by atoms with Crippen LogP contribution in [0, 0.1) is 12.7 Å². The van der Waals surface area contributed by atoms with Crippen molar-refractivity contribution in [3.05, 3.63) is 60.1 Å². The summed E-state index contributed by atoms with van der Waals surface area (Å²) in [6.07, 6.45) is 7.97. The van der Waals surface area contributed by atoms with Crippen LogP contribution in [0.3, 0.4) is 0 Å². The molecule has 0 spiro atoms. The lowest BCUT2D eigenvalue weighted by molar-refractivity contribution is 0.102. The molecule has 0 aliphatic heterocycles. The second kappa shape index (κ2) is 7.03. The van der Waals surface area contributed by atoms with Crippen molar-refractivity contribution < 1.29 is 13.9 Å². The highest BCUT2D eigenvalue weighted by atomic mass is 19.1. The van der Waals surface area contributed by atoms with E-state index in [4.69, 9.17) is 10.5 Å². The van der Waals surface area contributed by atoms with Gasteiger partial charge < -0.3 is 20.2 Å². The van der Waals surface area contributed by atoms with Crippen LogP contribution in [0.1, 0.15) is 28.9 Å². The first-order chi connectivity index (χ1) is 14.5. The van der Waals surface area contributed by atoms with Crippen molar-refractivity contribution in [3.63, 3.8) is 0 Å². The van der Waals surface area contributed by atoms with Gasteiger partial charge in [0.2, 0.25) is 0 Å². The molecule has 3 aromatic heterocycles. The number of anilines is 1. The topological polar surface area (TPSA) is 107 Å². The Morgan fingerprint density at radius 3 is 2.77 bits per heavy atom. The van der Waals surface area contributed by atoms with E-state index >= 15 is 0 Å². The van der Waals surface area contributed by atoms with Gasteiger partial charge in [0, 0.05) is 36.9 Å². The van der Waals surface area contributed by atoms with Crippen LogP contribution in [0.25, 0.3) is 16.7 Å². The van der Waals surface area contributed by atoms with E-state index in [9.17, 15) is 9.18 Å². The Balaban J connectivity index is 1.46. The van der Waals surface area contributed by atoms with Gasteiger partial charge in [0.15, 0.2) is 11.5 Å². The third-order valence-corrected chi connectivity index (χ3v) is 5.14. The molecule has 1 fully saturated rings. The minimum Gasteiger partial charge on any atom is -0.488 e. The summed E-state index contributed by atoms with van der Waals surface area (Å²) in [6.45, 7) is 1.77. The third-order valence-electron chi connectivity index (χ3n) is 5.14. The van der Waals surface area contributed by atoms with E-state index < -0.39 is 11.7 Å². The van der Waals surface area contributed by atoms with E-state index in [2.05, 4.69) is 20.3 Å². The van der Waals surface area contributed by atoms with E-state index in [1.165, 1.54) is 12.3 Å². The number of nitrogens with two attached hydrogens (primary N) is 1. The SMILES string of the molecule is Cc1cn2cc(NC(=O)c3ccc(OC4CC(N)C4)c4nccnc34)cc(F)c2n1. The molecule has 5 rings (SSSR count). The number of nitrogens with one attached hydrogen (secondary N) is 1. The Bertz CT molecular complexity index is 1280. The van der Waals surface area contributed by atoms with Gasteiger partial charge in [-0.15, -0.1) is 0 Å². The van der Waals surface area contributed by atoms with Gasteiger partial charge in [0.05, 0.1) is 16.9 Å². The van der Waals surface area contributed by atoms with Crippen LogP contribution < -0.4 is 15.8 Å². The van der Waals surface area contributed by atoms with Crippen LogP contribution in [0.2, 0.25) is 0 Å². The maximum atomic E-state index is 14.3. The fourth-order valence-electron chi connectivity index (χ4n) is 3.64. The number of carbonyl (C=O) groups excluding carboxylic acids is 1. The maximum Gasteiger partial charge on any atom is 0.257 e. The van der Waals surface area contributed by atoms with Crippen molar-refractivity contribution >= 4 is 28.3 Å². The van der Waals surface area contributed by atoms with Crippen molar-refractivity contribution in [2.45, 2.75) is 31.9 Å². The lowest BCUT2D eigenvalue weighted by atomic mass is 9.90. The van der Waals surface area contributed by atoms with Crippen molar-refractivity contribution in [2.24, 2.45) is 5.73 Å². The normalized spacial score (nSPS) is 18.4. The van der Waals surface area contributed by atoms with Crippen LogP contribution in [-0.4, -0.2) is 37.4 Å². The number of aryl methyl sites for hydroxylation is 1. The van der Waals surface area contributed by atoms with Crippen molar-refractivity contribution in [1.29, 1.82) is 0 Å². The molecular weight excluding hydrogens is 387 g/mol. The van der Waals surface area contributed by atoms with Gasteiger partial charge in [0.1, 0.15) is 22.9 Å². The summed E-state index contributed by atoms with van der Waals surface area (Å²) >= 11 is 0. The summed E-state index contributed by atoms with van der Waals surface area (Å²) in [6, 6.07) is 4.74. The van der Waals surface area contributed by atoms with Crippen LogP contribution in [-0.2, 0) is 0 Å². The van der Waals surface area contributed by atoms with E-state index in [1.807, 2.05) is 0 Å². The minimum atomic E-state index is -0.520. The lowest BCUT2D eigenvalue weighted by Gasteiger charge is -2.32. The summed E-state index contributed by atoms with van der Waals surface area (Å²) in [7, 11) is 0. The molecule has 0 unspecified atom stereocenters. The molecule has 9 heteroatoms. The van der Waals surface area contributed by atoms with Gasteiger partial charge in [-0.1, -0.05) is 0 Å². The summed E-state index contributed by atoms with van der Waals surface area (Å²) in [5.74, 6) is -0.380. The monoisotopic (exact) mass is 406 g/mol. The van der Waals surface area contributed by atoms with E-state index in [0.29, 0.717) is 33.7 Å². The van der Waals surface area contributed by atoms with Crippen LogP contribution in [0.5, 0.6) is 5.75 Å². The fourth-order valence-corrected chi connectivity index (χ4v) is 3.64. The molecule has 1 aliphatic rings. The standard InChI is InChI=1S/C21H19FN6O2/c1-11-9-28-10-13(8-16(22)20(28)26-11)27-21(29)15-2-3-17(30-14-6-12(23)7-14)19-18(15)24-4-5-25-19/h2-5,8-10,12,14H,6-7,23H2,1H3,(H,27,29). The molecule has 1 aliphatic carbocycles. The smallest absolute Gasteiger partial charge is 0.257 e. The molecule has 3 N–H and O–H groups in total. The molecule has 1 saturated carbocycles. The Hall–Kier alpha value is -3.59. The molecule has 0 radical (unpaired) electrons. The molecule has 1 aromatic carbocycles. The number of benzene rings is 1. The molecule has 8 nitrogen and oxygen atoms in total. The largest absolute Gasteiger partial charge is 0.488 e. The molecular formula is C21H19FN6O2. The number of nitrogens with zero attached hydrogens (tertiary/aromatic N) is 4. The van der Waals surface area contributed by atoms with Gasteiger partial charge >= 0.3 is 0 Å². The zero-order chi connectivity index (χ0) is 20.8. The predicted molar refractivity (Wildman–Crippen MR) is 109 cm³/mol. The van der Waals surface area contributed by atoms with Gasteiger partial charge in [-0.3, -0.25) is 9.78 Å². The summed E-state index contributed by atoms with van der Waals surface area (Å²) < 4.78 is 21.8.